The fourth-order valence-corrected chi connectivity index (χ4v) is 5.17. The van der Waals surface area contributed by atoms with Gasteiger partial charge in [-0.2, -0.15) is 0 Å². The number of carbonyl (C=O) groups is 1. The second kappa shape index (κ2) is 8.13. The minimum Gasteiger partial charge on any atom is -0.496 e. The summed E-state index contributed by atoms with van der Waals surface area (Å²) in [5, 5.41) is 3.06. The van der Waals surface area contributed by atoms with Crippen LogP contribution in [0.25, 0.3) is 21.3 Å². The molecule has 5 nitrogen and oxygen atoms in total. The van der Waals surface area contributed by atoms with E-state index in [9.17, 15) is 4.79 Å². The number of hydrogen-bond acceptors (Lipinski definition) is 5. The lowest BCUT2D eigenvalue weighted by molar-refractivity contribution is 0.0667. The Morgan fingerprint density at radius 3 is 2.59 bits per heavy atom. The highest BCUT2D eigenvalue weighted by Crippen LogP contribution is 2.40. The van der Waals surface area contributed by atoms with Crippen LogP contribution in [0.1, 0.15) is 28.2 Å². The molecular formula is C23H27N3O2S. The second-order valence-corrected chi connectivity index (χ2v) is 8.78. The van der Waals surface area contributed by atoms with E-state index < -0.39 is 0 Å². The fraction of sp³-hybridized carbons (Fsp3) is 0.391. The minimum atomic E-state index is 0.0997. The average Bonchev–Trinajstić information content (AvgIpc) is 3.13. The minimum absolute atomic E-state index is 0.0997. The number of piperidine rings is 1. The van der Waals surface area contributed by atoms with Crippen LogP contribution in [0.3, 0.4) is 0 Å². The molecule has 4 rings (SSSR count). The topological polar surface area (TPSA) is 45.7 Å². The largest absolute Gasteiger partial charge is 0.496 e. The number of carbonyl (C=O) groups excluding carboxylic acids is 1. The van der Waals surface area contributed by atoms with Gasteiger partial charge < -0.3 is 14.5 Å². The van der Waals surface area contributed by atoms with Gasteiger partial charge in [0.15, 0.2) is 0 Å². The van der Waals surface area contributed by atoms with Crippen LogP contribution in [0.5, 0.6) is 5.75 Å². The summed E-state index contributed by atoms with van der Waals surface area (Å²) in [5.74, 6) is 0.880. The number of ether oxygens (including phenoxy) is 1. The monoisotopic (exact) mass is 409 g/mol. The van der Waals surface area contributed by atoms with Crippen molar-refractivity contribution in [2.45, 2.75) is 25.8 Å². The van der Waals surface area contributed by atoms with Crippen molar-refractivity contribution in [3.63, 3.8) is 0 Å². The molecule has 2 aromatic carbocycles. The van der Waals surface area contributed by atoms with Crippen LogP contribution in [0.15, 0.2) is 36.4 Å². The predicted molar refractivity (Wildman–Crippen MR) is 119 cm³/mol. The molecule has 0 N–H and O–H groups in total. The van der Waals surface area contributed by atoms with E-state index in [0.717, 1.165) is 63.6 Å². The van der Waals surface area contributed by atoms with Gasteiger partial charge in [-0.15, -0.1) is 11.3 Å². The Balaban J connectivity index is 1.67. The quantitative estimate of drug-likeness (QED) is 0.639. The Morgan fingerprint density at radius 1 is 1.17 bits per heavy atom. The molecule has 0 unspecified atom stereocenters. The predicted octanol–water partition coefficient (Wildman–Crippen LogP) is 4.45. The smallest absolute Gasteiger partial charge is 0.265 e. The molecule has 1 aliphatic heterocycles. The van der Waals surface area contributed by atoms with E-state index in [2.05, 4.69) is 37.2 Å². The number of benzene rings is 2. The molecule has 6 heteroatoms. The third kappa shape index (κ3) is 3.74. The number of amides is 1. The Bertz CT molecular complexity index is 1040. The zero-order valence-corrected chi connectivity index (χ0v) is 18.3. The molecular weight excluding hydrogens is 382 g/mol. The first-order chi connectivity index (χ1) is 14.0. The third-order valence-electron chi connectivity index (χ3n) is 5.80. The first kappa shape index (κ1) is 19.9. The second-order valence-electron chi connectivity index (χ2n) is 7.78. The van der Waals surface area contributed by atoms with E-state index in [1.54, 1.807) is 7.11 Å². The molecule has 0 aliphatic carbocycles. The van der Waals surface area contributed by atoms with Crippen molar-refractivity contribution in [1.82, 2.24) is 14.8 Å². The molecule has 0 spiro atoms. The summed E-state index contributed by atoms with van der Waals surface area (Å²) in [6.07, 6.45) is 2.03. The summed E-state index contributed by atoms with van der Waals surface area (Å²) in [6.45, 7) is 3.52. The van der Waals surface area contributed by atoms with Crippen LogP contribution in [-0.4, -0.2) is 61.0 Å². The summed E-state index contributed by atoms with van der Waals surface area (Å²) in [7, 11) is 5.90. The molecule has 29 heavy (non-hydrogen) atoms. The lowest BCUT2D eigenvalue weighted by atomic mass is 10.0. The van der Waals surface area contributed by atoms with Gasteiger partial charge in [-0.3, -0.25) is 4.79 Å². The van der Waals surface area contributed by atoms with E-state index in [1.165, 1.54) is 11.3 Å². The number of hydrogen-bond donors (Lipinski definition) is 0. The maximum Gasteiger partial charge on any atom is 0.265 e. The van der Waals surface area contributed by atoms with Crippen LogP contribution in [0.4, 0.5) is 0 Å². The maximum absolute atomic E-state index is 13.2. The third-order valence-corrected chi connectivity index (χ3v) is 6.96. The van der Waals surface area contributed by atoms with Gasteiger partial charge in [-0.1, -0.05) is 30.3 Å². The normalized spacial score (nSPS) is 15.3. The van der Waals surface area contributed by atoms with Crippen LogP contribution < -0.4 is 4.74 Å². The molecule has 1 fully saturated rings. The highest BCUT2D eigenvalue weighted by molar-refractivity contribution is 7.17. The summed E-state index contributed by atoms with van der Waals surface area (Å²) < 4.78 is 5.63. The molecule has 2 heterocycles. The zero-order chi connectivity index (χ0) is 20.5. The fourth-order valence-electron chi connectivity index (χ4n) is 4.07. The van der Waals surface area contributed by atoms with Gasteiger partial charge in [0.2, 0.25) is 0 Å². The van der Waals surface area contributed by atoms with Crippen LogP contribution in [0.2, 0.25) is 0 Å². The van der Waals surface area contributed by atoms with Crippen molar-refractivity contribution in [2.24, 2.45) is 0 Å². The Labute approximate surface area is 175 Å². The van der Waals surface area contributed by atoms with Gasteiger partial charge in [0.1, 0.15) is 15.6 Å². The van der Waals surface area contributed by atoms with E-state index in [4.69, 9.17) is 9.72 Å². The molecule has 1 amide bonds. The van der Waals surface area contributed by atoms with Crippen molar-refractivity contribution in [3.05, 3.63) is 47.0 Å². The number of nitrogens with zero attached hydrogens (tertiary/aromatic N) is 3. The summed E-state index contributed by atoms with van der Waals surface area (Å²) >= 11 is 1.47. The summed E-state index contributed by atoms with van der Waals surface area (Å²) in [5.41, 5.74) is 1.75. The molecule has 0 atom stereocenters. The maximum atomic E-state index is 13.2. The number of fused-ring (bicyclic) bond motifs is 1. The van der Waals surface area contributed by atoms with E-state index in [-0.39, 0.29) is 5.91 Å². The summed E-state index contributed by atoms with van der Waals surface area (Å²) in [6, 6.07) is 12.8. The van der Waals surface area contributed by atoms with Crippen LogP contribution >= 0.6 is 11.3 Å². The summed E-state index contributed by atoms with van der Waals surface area (Å²) in [4.78, 5) is 23.0. The van der Waals surface area contributed by atoms with Crippen molar-refractivity contribution in [2.75, 3.05) is 34.3 Å². The van der Waals surface area contributed by atoms with Gasteiger partial charge >= 0.3 is 0 Å². The van der Waals surface area contributed by atoms with Crippen LogP contribution in [0, 0.1) is 6.92 Å². The van der Waals surface area contributed by atoms with E-state index in [1.807, 2.05) is 30.0 Å². The Hall–Kier alpha value is -2.44. The van der Waals surface area contributed by atoms with Gasteiger partial charge in [-0.05, 0) is 50.7 Å². The molecule has 0 radical (unpaired) electrons. The van der Waals surface area contributed by atoms with Crippen molar-refractivity contribution in [1.29, 1.82) is 0 Å². The van der Waals surface area contributed by atoms with Gasteiger partial charge in [0, 0.05) is 19.1 Å². The Kier molecular flexibility index (Phi) is 5.56. The average molecular weight is 410 g/mol. The molecule has 0 bridgehead atoms. The van der Waals surface area contributed by atoms with Crippen molar-refractivity contribution in [3.8, 4) is 16.3 Å². The number of aryl methyl sites for hydroxylation is 1. The Morgan fingerprint density at radius 2 is 1.90 bits per heavy atom. The van der Waals surface area contributed by atoms with E-state index in [0.29, 0.717) is 6.04 Å². The van der Waals surface area contributed by atoms with Gasteiger partial charge in [-0.25, -0.2) is 4.98 Å². The SMILES string of the molecule is COc1ccc2ccccc2c1-c1nc(C)c(C(=O)N2CCC(N(C)C)CC2)s1. The standard InChI is InChI=1S/C23H27N3O2S/c1-15-21(23(27)26-13-11-17(12-14-26)25(2)3)29-22(24-15)20-18-8-6-5-7-16(18)9-10-19(20)28-4/h5-10,17H,11-14H2,1-4H3. The first-order valence-corrected chi connectivity index (χ1v) is 10.8. The number of rotatable bonds is 4. The lowest BCUT2D eigenvalue weighted by Crippen LogP contribution is -2.44. The highest BCUT2D eigenvalue weighted by atomic mass is 32.1. The molecule has 1 aliphatic rings. The molecule has 152 valence electrons. The number of aromatic nitrogens is 1. The van der Waals surface area contributed by atoms with Crippen molar-refractivity contribution < 1.29 is 9.53 Å². The first-order valence-electron chi connectivity index (χ1n) is 9.99. The molecule has 1 aromatic heterocycles. The highest BCUT2D eigenvalue weighted by Gasteiger charge is 2.28. The number of methoxy groups -OCH3 is 1. The van der Waals surface area contributed by atoms with Gasteiger partial charge in [0.05, 0.1) is 18.4 Å². The number of likely N-dealkylation sites (tertiary alicyclic amines) is 1. The molecule has 1 saturated heterocycles. The zero-order valence-electron chi connectivity index (χ0n) is 17.4. The van der Waals surface area contributed by atoms with Gasteiger partial charge in [0.25, 0.3) is 5.91 Å². The molecule has 3 aromatic rings. The number of thiazole rings is 1. The van der Waals surface area contributed by atoms with E-state index >= 15 is 0 Å². The van der Waals surface area contributed by atoms with Crippen LogP contribution in [-0.2, 0) is 0 Å². The molecule has 0 saturated carbocycles. The lowest BCUT2D eigenvalue weighted by Gasteiger charge is -2.35. The van der Waals surface area contributed by atoms with Crippen molar-refractivity contribution >= 4 is 28.0 Å².